The number of allylic oxidation sites excluding steroid dienone is 1. The topological polar surface area (TPSA) is 69.0 Å². The fourth-order valence-corrected chi connectivity index (χ4v) is 3.46. The zero-order valence-corrected chi connectivity index (χ0v) is 16.4. The Morgan fingerprint density at radius 1 is 1.21 bits per heavy atom. The third kappa shape index (κ3) is 4.40. The van der Waals surface area contributed by atoms with E-state index in [1.54, 1.807) is 25.1 Å². The molecular weight excluding hydrogens is 359 g/mol. The summed E-state index contributed by atoms with van der Waals surface area (Å²) in [6.07, 6.45) is 8.05. The first-order chi connectivity index (χ1) is 13.6. The molecule has 2 heterocycles. The fourth-order valence-electron chi connectivity index (χ4n) is 3.46. The smallest absolute Gasteiger partial charge is 0.338 e. The van der Waals surface area contributed by atoms with Crippen molar-refractivity contribution < 1.29 is 13.9 Å². The highest BCUT2D eigenvalue weighted by Gasteiger charge is 2.35. The summed E-state index contributed by atoms with van der Waals surface area (Å²) in [7, 11) is 0. The Hall–Kier alpha value is -2.70. The molecule has 2 aromatic rings. The van der Waals surface area contributed by atoms with Crippen molar-refractivity contribution >= 4 is 11.9 Å². The summed E-state index contributed by atoms with van der Waals surface area (Å²) in [6.45, 7) is 4.31. The highest BCUT2D eigenvalue weighted by Crippen LogP contribution is 2.36. The quantitative estimate of drug-likeness (QED) is 0.503. The normalized spacial score (nSPS) is 15.9. The van der Waals surface area contributed by atoms with E-state index in [-0.39, 0.29) is 0 Å². The molecule has 0 radical (unpaired) electrons. The number of esters is 1. The van der Waals surface area contributed by atoms with E-state index in [9.17, 15) is 9.18 Å². The van der Waals surface area contributed by atoms with Crippen molar-refractivity contribution in [2.45, 2.75) is 58.4 Å². The second kappa shape index (κ2) is 9.48. The largest absolute Gasteiger partial charge is 0.462 e. The maximum Gasteiger partial charge on any atom is 0.338 e. The Kier molecular flexibility index (Phi) is 6.79. The van der Waals surface area contributed by atoms with Crippen molar-refractivity contribution in [3.8, 4) is 0 Å². The lowest BCUT2D eigenvalue weighted by Gasteiger charge is -2.28. The number of carbonyl (C=O) groups excluding carboxylic acids is 1. The van der Waals surface area contributed by atoms with Gasteiger partial charge in [0.25, 0.3) is 0 Å². The van der Waals surface area contributed by atoms with Gasteiger partial charge in [-0.2, -0.15) is 10.1 Å². The number of unbranched alkanes of at least 4 members (excludes halogenated alkanes) is 5. The Labute approximate surface area is 164 Å². The number of aromatic nitrogens is 3. The molecule has 1 N–H and O–H groups in total. The van der Waals surface area contributed by atoms with E-state index in [4.69, 9.17) is 4.74 Å². The lowest BCUT2D eigenvalue weighted by Crippen LogP contribution is -2.30. The molecule has 6 nitrogen and oxygen atoms in total. The average Bonchev–Trinajstić information content (AvgIpc) is 3.14. The first-order valence-corrected chi connectivity index (χ1v) is 9.92. The number of nitrogens with zero attached hydrogens (tertiary/aromatic N) is 3. The Balaban J connectivity index is 1.74. The number of nitrogens with one attached hydrogen (secondary N) is 1. The number of halogens is 1. The summed E-state index contributed by atoms with van der Waals surface area (Å²) < 4.78 is 21.6. The van der Waals surface area contributed by atoms with Crippen LogP contribution in [-0.2, 0) is 9.53 Å². The van der Waals surface area contributed by atoms with Crippen molar-refractivity contribution in [3.63, 3.8) is 0 Å². The summed E-state index contributed by atoms with van der Waals surface area (Å²) in [5, 5.41) is 7.26. The minimum absolute atomic E-state index is 0.356. The standard InChI is InChI=1S/C21H27FN4O2/c1-3-4-5-6-7-10-13-28-20(27)18-15(2)25-21-23-14-24-26(21)19(18)16-11-8-9-12-17(16)22/h8-9,11-12,14,19H,3-7,10,13H2,1-2H3,(H,23,24,25)/t19-/m0/s1. The second-order valence-electron chi connectivity index (χ2n) is 7.02. The Bertz CT molecular complexity index is 846. The SMILES string of the molecule is CCCCCCCCOC(=O)C1=C(C)Nc2ncnn2[C@H]1c1ccccc1F. The first kappa shape index (κ1) is 20.0. The van der Waals surface area contributed by atoms with E-state index in [0.717, 1.165) is 19.3 Å². The van der Waals surface area contributed by atoms with Gasteiger partial charge in [-0.3, -0.25) is 0 Å². The van der Waals surface area contributed by atoms with E-state index in [1.165, 1.54) is 36.3 Å². The van der Waals surface area contributed by atoms with Crippen LogP contribution >= 0.6 is 0 Å². The first-order valence-electron chi connectivity index (χ1n) is 9.92. The van der Waals surface area contributed by atoms with E-state index in [2.05, 4.69) is 22.3 Å². The van der Waals surface area contributed by atoms with Gasteiger partial charge in [-0.1, -0.05) is 57.2 Å². The number of hydrogen-bond acceptors (Lipinski definition) is 5. The molecule has 1 aliphatic rings. The van der Waals surface area contributed by atoms with Crippen molar-refractivity contribution in [2.75, 3.05) is 11.9 Å². The maximum absolute atomic E-state index is 14.5. The summed E-state index contributed by atoms with van der Waals surface area (Å²) in [4.78, 5) is 17.0. The summed E-state index contributed by atoms with van der Waals surface area (Å²) in [6, 6.07) is 5.69. The van der Waals surface area contributed by atoms with E-state index < -0.39 is 17.8 Å². The van der Waals surface area contributed by atoms with Crippen molar-refractivity contribution in [3.05, 3.63) is 53.2 Å². The molecule has 1 aliphatic heterocycles. The van der Waals surface area contributed by atoms with Gasteiger partial charge in [0.2, 0.25) is 5.95 Å². The van der Waals surface area contributed by atoms with Gasteiger partial charge in [-0.25, -0.2) is 13.9 Å². The van der Waals surface area contributed by atoms with Gasteiger partial charge in [-0.15, -0.1) is 0 Å². The third-order valence-electron chi connectivity index (χ3n) is 4.95. The molecule has 28 heavy (non-hydrogen) atoms. The number of anilines is 1. The van der Waals surface area contributed by atoms with Crippen LogP contribution in [0.2, 0.25) is 0 Å². The molecule has 1 aromatic heterocycles. The molecule has 3 rings (SSSR count). The number of carbonyl (C=O) groups is 1. The lowest BCUT2D eigenvalue weighted by atomic mass is 9.95. The number of hydrogen-bond donors (Lipinski definition) is 1. The van der Waals surface area contributed by atoms with Crippen LogP contribution in [-0.4, -0.2) is 27.3 Å². The van der Waals surface area contributed by atoms with Crippen molar-refractivity contribution in [1.82, 2.24) is 14.8 Å². The van der Waals surface area contributed by atoms with Crippen molar-refractivity contribution in [1.29, 1.82) is 0 Å². The Morgan fingerprint density at radius 2 is 1.96 bits per heavy atom. The van der Waals surface area contributed by atoms with Crippen LogP contribution in [0.4, 0.5) is 10.3 Å². The zero-order valence-electron chi connectivity index (χ0n) is 16.4. The lowest BCUT2D eigenvalue weighted by molar-refractivity contribution is -0.139. The van der Waals surface area contributed by atoms with Gasteiger partial charge in [-0.05, 0) is 19.4 Å². The predicted molar refractivity (Wildman–Crippen MR) is 105 cm³/mol. The molecule has 0 saturated heterocycles. The van der Waals surface area contributed by atoms with E-state index in [1.807, 2.05) is 0 Å². The number of ether oxygens (including phenoxy) is 1. The summed E-state index contributed by atoms with van der Waals surface area (Å²) >= 11 is 0. The minimum atomic E-state index is -0.711. The van der Waals surface area contributed by atoms with Crippen LogP contribution in [0.1, 0.15) is 64.0 Å². The van der Waals surface area contributed by atoms with Crippen LogP contribution in [0.3, 0.4) is 0 Å². The highest BCUT2D eigenvalue weighted by atomic mass is 19.1. The molecule has 1 atom stereocenters. The van der Waals surface area contributed by atoms with Crippen LogP contribution in [0.25, 0.3) is 0 Å². The average molecular weight is 386 g/mol. The van der Waals surface area contributed by atoms with E-state index >= 15 is 0 Å². The number of rotatable bonds is 9. The van der Waals surface area contributed by atoms with Crippen molar-refractivity contribution in [2.24, 2.45) is 0 Å². The molecule has 0 amide bonds. The van der Waals surface area contributed by atoms with E-state index in [0.29, 0.717) is 29.4 Å². The number of benzene rings is 1. The fraction of sp³-hybridized carbons (Fsp3) is 0.476. The number of fused-ring (bicyclic) bond motifs is 1. The Morgan fingerprint density at radius 3 is 2.75 bits per heavy atom. The molecule has 1 aromatic carbocycles. The van der Waals surface area contributed by atoms with Gasteiger partial charge in [0.05, 0.1) is 12.2 Å². The second-order valence-corrected chi connectivity index (χ2v) is 7.02. The van der Waals surface area contributed by atoms with Gasteiger partial charge < -0.3 is 10.1 Å². The predicted octanol–water partition coefficient (Wildman–Crippen LogP) is 4.61. The van der Waals surface area contributed by atoms with Crippen LogP contribution in [0, 0.1) is 5.82 Å². The van der Waals surface area contributed by atoms with Gasteiger partial charge in [0, 0.05) is 11.3 Å². The van der Waals surface area contributed by atoms with Crippen LogP contribution < -0.4 is 5.32 Å². The van der Waals surface area contributed by atoms with Gasteiger partial charge >= 0.3 is 5.97 Å². The van der Waals surface area contributed by atoms with Crippen LogP contribution in [0.5, 0.6) is 0 Å². The third-order valence-corrected chi connectivity index (χ3v) is 4.95. The maximum atomic E-state index is 14.5. The van der Waals surface area contributed by atoms with Crippen LogP contribution in [0.15, 0.2) is 41.9 Å². The molecular formula is C21H27FN4O2. The summed E-state index contributed by atoms with van der Waals surface area (Å²) in [5.41, 5.74) is 1.32. The molecule has 0 aliphatic carbocycles. The molecule has 0 unspecified atom stereocenters. The molecule has 0 fully saturated rings. The molecule has 150 valence electrons. The summed E-state index contributed by atoms with van der Waals surface area (Å²) in [5.74, 6) is -0.379. The molecule has 0 bridgehead atoms. The minimum Gasteiger partial charge on any atom is -0.462 e. The molecule has 0 saturated carbocycles. The molecule has 7 heteroatoms. The molecule has 0 spiro atoms. The van der Waals surface area contributed by atoms with Gasteiger partial charge in [0.15, 0.2) is 0 Å². The van der Waals surface area contributed by atoms with Gasteiger partial charge in [0.1, 0.15) is 18.2 Å². The zero-order chi connectivity index (χ0) is 19.9. The highest BCUT2D eigenvalue weighted by molar-refractivity contribution is 5.92. The monoisotopic (exact) mass is 386 g/mol.